The van der Waals surface area contributed by atoms with E-state index in [2.05, 4.69) is 4.90 Å². The molecular formula is C12H17NO3. The van der Waals surface area contributed by atoms with Gasteiger partial charge in [0.1, 0.15) is 5.75 Å². The smallest absolute Gasteiger partial charge is 0.174 e. The number of ether oxygens (including phenoxy) is 2. The van der Waals surface area contributed by atoms with E-state index in [-0.39, 0.29) is 12.0 Å². The molecular weight excluding hydrogens is 206 g/mol. The topological polar surface area (TPSA) is 41.9 Å². The lowest BCUT2D eigenvalue weighted by molar-refractivity contribution is -0.143. The Morgan fingerprint density at radius 1 is 1.56 bits per heavy atom. The SMILES string of the molecule is CCOC1CN(c2cccc(O)c2)CCO1. The summed E-state index contributed by atoms with van der Waals surface area (Å²) in [7, 11) is 0. The van der Waals surface area contributed by atoms with Gasteiger partial charge in [0.05, 0.1) is 13.2 Å². The lowest BCUT2D eigenvalue weighted by Crippen LogP contribution is -2.43. The standard InChI is InChI=1S/C12H17NO3/c1-2-15-12-9-13(6-7-16-12)10-4-3-5-11(14)8-10/h3-5,8,12,14H,2,6-7,9H2,1H3. The van der Waals surface area contributed by atoms with Crippen LogP contribution in [0.3, 0.4) is 0 Å². The number of hydrogen-bond donors (Lipinski definition) is 1. The number of rotatable bonds is 3. The summed E-state index contributed by atoms with van der Waals surface area (Å²) in [5, 5.41) is 9.42. The van der Waals surface area contributed by atoms with Crippen molar-refractivity contribution in [3.05, 3.63) is 24.3 Å². The van der Waals surface area contributed by atoms with Crippen molar-refractivity contribution in [2.75, 3.05) is 31.2 Å². The minimum Gasteiger partial charge on any atom is -0.508 e. The van der Waals surface area contributed by atoms with Crippen molar-refractivity contribution >= 4 is 5.69 Å². The summed E-state index contributed by atoms with van der Waals surface area (Å²) in [5.41, 5.74) is 1.01. The van der Waals surface area contributed by atoms with E-state index < -0.39 is 0 Å². The van der Waals surface area contributed by atoms with Gasteiger partial charge in [-0.25, -0.2) is 0 Å². The van der Waals surface area contributed by atoms with Gasteiger partial charge in [0.2, 0.25) is 0 Å². The van der Waals surface area contributed by atoms with Crippen molar-refractivity contribution in [2.45, 2.75) is 13.2 Å². The second kappa shape index (κ2) is 5.18. The molecule has 0 aliphatic carbocycles. The van der Waals surface area contributed by atoms with E-state index in [1.54, 1.807) is 12.1 Å². The average Bonchev–Trinajstić information content (AvgIpc) is 2.30. The molecule has 0 spiro atoms. The van der Waals surface area contributed by atoms with Crippen LogP contribution in [0.5, 0.6) is 5.75 Å². The van der Waals surface area contributed by atoms with Crippen molar-refractivity contribution in [3.8, 4) is 5.75 Å². The number of morpholine rings is 1. The lowest BCUT2D eigenvalue weighted by atomic mass is 10.2. The first-order chi connectivity index (χ1) is 7.79. The lowest BCUT2D eigenvalue weighted by Gasteiger charge is -2.34. The van der Waals surface area contributed by atoms with Crippen LogP contribution < -0.4 is 4.90 Å². The number of nitrogens with zero attached hydrogens (tertiary/aromatic N) is 1. The summed E-state index contributed by atoms with van der Waals surface area (Å²) in [6, 6.07) is 7.25. The zero-order chi connectivity index (χ0) is 11.4. The van der Waals surface area contributed by atoms with Crippen LogP contribution >= 0.6 is 0 Å². The first-order valence-electron chi connectivity index (χ1n) is 5.57. The molecule has 88 valence electrons. The molecule has 1 aliphatic heterocycles. The predicted molar refractivity (Wildman–Crippen MR) is 61.7 cm³/mol. The molecule has 0 amide bonds. The fourth-order valence-electron chi connectivity index (χ4n) is 1.83. The van der Waals surface area contributed by atoms with Crippen LogP contribution in [-0.2, 0) is 9.47 Å². The zero-order valence-electron chi connectivity index (χ0n) is 9.43. The molecule has 4 nitrogen and oxygen atoms in total. The fraction of sp³-hybridized carbons (Fsp3) is 0.500. The molecule has 1 heterocycles. The molecule has 2 rings (SSSR count). The van der Waals surface area contributed by atoms with Gasteiger partial charge in [-0.2, -0.15) is 0 Å². The summed E-state index contributed by atoms with van der Waals surface area (Å²) in [4.78, 5) is 2.16. The number of aromatic hydroxyl groups is 1. The minimum atomic E-state index is -0.166. The summed E-state index contributed by atoms with van der Waals surface area (Å²) in [6.07, 6.45) is -0.166. The number of anilines is 1. The highest BCUT2D eigenvalue weighted by molar-refractivity contribution is 5.50. The van der Waals surface area contributed by atoms with Gasteiger partial charge >= 0.3 is 0 Å². The molecule has 0 saturated carbocycles. The zero-order valence-corrected chi connectivity index (χ0v) is 9.43. The first-order valence-corrected chi connectivity index (χ1v) is 5.57. The molecule has 1 aromatic rings. The Morgan fingerprint density at radius 2 is 2.44 bits per heavy atom. The highest BCUT2D eigenvalue weighted by Crippen LogP contribution is 2.22. The van der Waals surface area contributed by atoms with E-state index in [1.807, 2.05) is 19.1 Å². The molecule has 1 aliphatic rings. The second-order valence-electron chi connectivity index (χ2n) is 3.72. The number of benzene rings is 1. The number of hydrogen-bond acceptors (Lipinski definition) is 4. The molecule has 16 heavy (non-hydrogen) atoms. The van der Waals surface area contributed by atoms with Gasteiger partial charge in [0, 0.05) is 24.9 Å². The Hall–Kier alpha value is -1.26. The Labute approximate surface area is 95.4 Å². The molecule has 0 bridgehead atoms. The van der Waals surface area contributed by atoms with Crippen LogP contribution in [0.2, 0.25) is 0 Å². The molecule has 1 atom stereocenters. The van der Waals surface area contributed by atoms with E-state index in [0.29, 0.717) is 19.8 Å². The summed E-state index contributed by atoms with van der Waals surface area (Å²) < 4.78 is 10.9. The van der Waals surface area contributed by atoms with Gasteiger partial charge in [-0.1, -0.05) is 6.07 Å². The quantitative estimate of drug-likeness (QED) is 0.845. The van der Waals surface area contributed by atoms with Gasteiger partial charge in [-0.15, -0.1) is 0 Å². The molecule has 1 saturated heterocycles. The molecule has 4 heteroatoms. The molecule has 1 aromatic carbocycles. The maximum atomic E-state index is 9.42. The maximum Gasteiger partial charge on any atom is 0.174 e. The maximum absolute atomic E-state index is 9.42. The molecule has 0 aromatic heterocycles. The van der Waals surface area contributed by atoms with Crippen molar-refractivity contribution < 1.29 is 14.6 Å². The average molecular weight is 223 g/mol. The third kappa shape index (κ3) is 2.65. The van der Waals surface area contributed by atoms with E-state index in [0.717, 1.165) is 12.2 Å². The van der Waals surface area contributed by atoms with Gasteiger partial charge in [0.25, 0.3) is 0 Å². The number of phenols is 1. The van der Waals surface area contributed by atoms with Crippen LogP contribution in [0, 0.1) is 0 Å². The van der Waals surface area contributed by atoms with Gasteiger partial charge < -0.3 is 19.5 Å². The van der Waals surface area contributed by atoms with Crippen molar-refractivity contribution in [1.29, 1.82) is 0 Å². The summed E-state index contributed by atoms with van der Waals surface area (Å²) in [5.74, 6) is 0.289. The van der Waals surface area contributed by atoms with E-state index in [1.165, 1.54) is 0 Å². The van der Waals surface area contributed by atoms with Crippen LogP contribution in [0.15, 0.2) is 24.3 Å². The largest absolute Gasteiger partial charge is 0.508 e. The third-order valence-electron chi connectivity index (χ3n) is 2.58. The van der Waals surface area contributed by atoms with E-state index in [4.69, 9.17) is 9.47 Å². The molecule has 1 unspecified atom stereocenters. The number of phenolic OH excluding ortho intramolecular Hbond substituents is 1. The van der Waals surface area contributed by atoms with Crippen LogP contribution in [0.1, 0.15) is 6.92 Å². The predicted octanol–water partition coefficient (Wildman–Crippen LogP) is 1.59. The highest BCUT2D eigenvalue weighted by atomic mass is 16.7. The van der Waals surface area contributed by atoms with Gasteiger partial charge in [-0.3, -0.25) is 0 Å². The first kappa shape index (κ1) is 11.2. The van der Waals surface area contributed by atoms with E-state index in [9.17, 15) is 5.11 Å². The Bertz CT molecular complexity index is 341. The summed E-state index contributed by atoms with van der Waals surface area (Å²) >= 11 is 0. The van der Waals surface area contributed by atoms with E-state index >= 15 is 0 Å². The van der Waals surface area contributed by atoms with Gasteiger partial charge in [-0.05, 0) is 19.1 Å². The van der Waals surface area contributed by atoms with Crippen molar-refractivity contribution in [3.63, 3.8) is 0 Å². The Balaban J connectivity index is 2.03. The van der Waals surface area contributed by atoms with Crippen molar-refractivity contribution in [1.82, 2.24) is 0 Å². The highest BCUT2D eigenvalue weighted by Gasteiger charge is 2.20. The normalized spacial score (nSPS) is 21.1. The molecule has 1 fully saturated rings. The second-order valence-corrected chi connectivity index (χ2v) is 3.72. The van der Waals surface area contributed by atoms with Crippen LogP contribution in [-0.4, -0.2) is 37.7 Å². The third-order valence-corrected chi connectivity index (χ3v) is 2.58. The Morgan fingerprint density at radius 3 is 3.19 bits per heavy atom. The van der Waals surface area contributed by atoms with Gasteiger partial charge in [0.15, 0.2) is 6.29 Å². The van der Waals surface area contributed by atoms with Crippen LogP contribution in [0.4, 0.5) is 5.69 Å². The molecule has 0 radical (unpaired) electrons. The molecule has 1 N–H and O–H groups in total. The van der Waals surface area contributed by atoms with Crippen LogP contribution in [0.25, 0.3) is 0 Å². The minimum absolute atomic E-state index is 0.166. The monoisotopic (exact) mass is 223 g/mol. The Kier molecular flexibility index (Phi) is 3.64. The fourth-order valence-corrected chi connectivity index (χ4v) is 1.83. The summed E-state index contributed by atoms with van der Waals surface area (Å²) in [6.45, 7) is 4.79. The van der Waals surface area contributed by atoms with Crippen molar-refractivity contribution in [2.24, 2.45) is 0 Å².